The number of fused-ring (bicyclic) bond motifs is 6. The van der Waals surface area contributed by atoms with Gasteiger partial charge in [-0.2, -0.15) is 5.10 Å². The van der Waals surface area contributed by atoms with Crippen molar-refractivity contribution < 1.29 is 23.4 Å². The number of furan rings is 1. The third-order valence-corrected chi connectivity index (χ3v) is 11.9. The van der Waals surface area contributed by atoms with Crippen LogP contribution in [0, 0.1) is 28.6 Å². The Morgan fingerprint density at radius 1 is 1.31 bits per heavy atom. The number of halogens is 1. The molecule has 0 saturated heterocycles. The molecule has 1 N–H and O–H groups in total. The van der Waals surface area contributed by atoms with E-state index in [1.165, 1.54) is 17.4 Å². The van der Waals surface area contributed by atoms with Crippen LogP contribution in [-0.4, -0.2) is 37.7 Å². The average molecular weight is 589 g/mol. The second-order valence-corrected chi connectivity index (χ2v) is 13.9. The minimum Gasteiger partial charge on any atom is -0.449 e. The maximum Gasteiger partial charge on any atom is 0.285 e. The van der Waals surface area contributed by atoms with Crippen molar-refractivity contribution >= 4 is 29.0 Å². The fraction of sp³-hybridized carbons (Fsp3) is 0.471. The lowest BCUT2D eigenvalue weighted by atomic mass is 9.45. The van der Waals surface area contributed by atoms with Gasteiger partial charge in [0.15, 0.2) is 5.60 Å². The Labute approximate surface area is 250 Å². The predicted octanol–water partition coefficient (Wildman–Crippen LogP) is 7.27. The number of hydrogen-bond donors (Lipinski definition) is 1. The molecule has 4 aliphatic rings. The van der Waals surface area contributed by atoms with E-state index in [0.717, 1.165) is 42.6 Å². The van der Waals surface area contributed by atoms with Gasteiger partial charge in [0.1, 0.15) is 6.01 Å². The number of hydrogen-bond acceptors (Lipinski definition) is 6. The molecule has 8 heteroatoms. The van der Waals surface area contributed by atoms with Crippen LogP contribution in [0.2, 0.25) is 0 Å². The lowest BCUT2D eigenvalue weighted by Gasteiger charge is -2.60. The number of allylic oxidation sites excluding steroid dienone is 1. The van der Waals surface area contributed by atoms with Crippen molar-refractivity contribution in [1.82, 2.24) is 9.78 Å². The van der Waals surface area contributed by atoms with Crippen LogP contribution in [0.1, 0.15) is 62.8 Å². The van der Waals surface area contributed by atoms with E-state index in [9.17, 15) is 14.3 Å². The minimum absolute atomic E-state index is 0.0412. The van der Waals surface area contributed by atoms with Crippen molar-refractivity contribution in [2.24, 2.45) is 28.6 Å². The van der Waals surface area contributed by atoms with Crippen molar-refractivity contribution in [2.45, 2.75) is 64.1 Å². The first kappa shape index (κ1) is 27.7. The van der Waals surface area contributed by atoms with Crippen molar-refractivity contribution in [1.29, 1.82) is 0 Å². The summed E-state index contributed by atoms with van der Waals surface area (Å²) in [6.45, 7) is 8.30. The van der Waals surface area contributed by atoms with Crippen LogP contribution in [0.15, 0.2) is 65.4 Å². The number of aliphatic hydroxyl groups is 1. The molecule has 6 nitrogen and oxygen atoms in total. The van der Waals surface area contributed by atoms with Crippen molar-refractivity contribution in [2.75, 3.05) is 6.01 Å². The molecule has 220 valence electrons. The Kier molecular flexibility index (Phi) is 6.59. The highest BCUT2D eigenvalue weighted by Gasteiger charge is 2.70. The summed E-state index contributed by atoms with van der Waals surface area (Å²) >= 11 is 0.669. The van der Waals surface area contributed by atoms with Gasteiger partial charge in [-0.05, 0) is 109 Å². The summed E-state index contributed by atoms with van der Waals surface area (Å²) in [7, 11) is 0. The van der Waals surface area contributed by atoms with Crippen LogP contribution in [0.25, 0.3) is 17.8 Å². The number of nitrogens with zero attached hydrogens (tertiary/aromatic N) is 2. The Balaban J connectivity index is 1.24. The molecule has 0 bridgehead atoms. The van der Waals surface area contributed by atoms with E-state index in [2.05, 4.69) is 38.6 Å². The molecule has 1 aromatic carbocycles. The summed E-state index contributed by atoms with van der Waals surface area (Å²) in [5, 5.41) is 16.5. The van der Waals surface area contributed by atoms with Gasteiger partial charge >= 0.3 is 0 Å². The van der Waals surface area contributed by atoms with Gasteiger partial charge < -0.3 is 14.3 Å². The average Bonchev–Trinajstić information content (AvgIpc) is 3.70. The molecular formula is C34H37FN2O4S. The Morgan fingerprint density at radius 3 is 2.93 bits per heavy atom. The number of alkyl halides is 1. The fourth-order valence-electron chi connectivity index (χ4n) is 9.37. The molecule has 4 aliphatic carbocycles. The second kappa shape index (κ2) is 9.98. The monoisotopic (exact) mass is 588 g/mol. The smallest absolute Gasteiger partial charge is 0.285 e. The zero-order valence-corrected chi connectivity index (χ0v) is 24.9. The Morgan fingerprint density at radius 2 is 2.17 bits per heavy atom. The van der Waals surface area contributed by atoms with Crippen LogP contribution < -0.4 is 4.74 Å². The van der Waals surface area contributed by atoms with E-state index in [-0.39, 0.29) is 34.2 Å². The zero-order chi connectivity index (χ0) is 29.3. The van der Waals surface area contributed by atoms with E-state index < -0.39 is 23.1 Å². The molecule has 0 amide bonds. The topological polar surface area (TPSA) is 77.5 Å². The SMILES string of the molecule is C=Cc1cccc(-n2ncc3c2C=C2CC[C@@H]4[C@H]([C@@H](O)C[C@@]5(C)[C@H]4CC[C@]5(Oc4ccco4)C(=O)SCF)[C@@]2(C)C3)c1. The first-order chi connectivity index (χ1) is 20.2. The maximum atomic E-state index is 13.7. The van der Waals surface area contributed by atoms with Gasteiger partial charge in [-0.25, -0.2) is 9.07 Å². The lowest BCUT2D eigenvalue weighted by molar-refractivity contribution is -0.169. The molecule has 0 aliphatic heterocycles. The van der Waals surface area contributed by atoms with Gasteiger partial charge in [0.05, 0.1) is 29.9 Å². The summed E-state index contributed by atoms with van der Waals surface area (Å²) < 4.78 is 27.5. The first-order valence-electron chi connectivity index (χ1n) is 14.9. The number of ether oxygens (including phenoxy) is 1. The zero-order valence-electron chi connectivity index (χ0n) is 24.1. The van der Waals surface area contributed by atoms with E-state index in [0.29, 0.717) is 24.6 Å². The molecule has 2 aromatic heterocycles. The second-order valence-electron chi connectivity index (χ2n) is 13.0. The summed E-state index contributed by atoms with van der Waals surface area (Å²) in [5.74, 6) is 0.679. The molecule has 7 atom stereocenters. The van der Waals surface area contributed by atoms with Gasteiger partial charge in [0, 0.05) is 11.5 Å². The molecule has 2 heterocycles. The van der Waals surface area contributed by atoms with Gasteiger partial charge in [-0.15, -0.1) is 0 Å². The van der Waals surface area contributed by atoms with E-state index in [1.54, 1.807) is 12.1 Å². The highest BCUT2D eigenvalue weighted by atomic mass is 32.2. The van der Waals surface area contributed by atoms with Crippen LogP contribution >= 0.6 is 11.8 Å². The van der Waals surface area contributed by atoms with Crippen LogP contribution in [0.3, 0.4) is 0 Å². The quantitative estimate of drug-likeness (QED) is 0.327. The molecule has 3 aromatic rings. The molecule has 0 radical (unpaired) electrons. The standard InChI is InChI=1S/C34H37FN2O4S/c1-4-21-7-5-8-24(15-21)37-27-16-23-10-11-25-26-12-13-34(31(39)42-20-35,41-29-9-6-14-40-29)33(26,3)18-28(38)30(25)32(23,2)17-22(27)19-36-37/h4-9,14-16,19,25-26,28,30,38H,1,10-13,17-18,20H2,2-3H3/t25-,26-,28-,30+,32-,33-,34-/m0/s1. The molecule has 0 unspecified atom stereocenters. The summed E-state index contributed by atoms with van der Waals surface area (Å²) in [6, 6.07) is 10.8. The van der Waals surface area contributed by atoms with Crippen LogP contribution in [-0.2, 0) is 11.2 Å². The van der Waals surface area contributed by atoms with Gasteiger partial charge in [0.25, 0.3) is 5.95 Å². The van der Waals surface area contributed by atoms with Crippen LogP contribution in [0.5, 0.6) is 5.95 Å². The summed E-state index contributed by atoms with van der Waals surface area (Å²) in [4.78, 5) is 13.7. The van der Waals surface area contributed by atoms with Gasteiger partial charge in [0.2, 0.25) is 5.12 Å². The van der Waals surface area contributed by atoms with Gasteiger partial charge in [-0.1, -0.05) is 44.2 Å². The number of carbonyl (C=O) groups is 1. The number of carbonyl (C=O) groups excluding carboxylic acids is 1. The molecule has 7 rings (SSSR count). The third kappa shape index (κ3) is 3.87. The number of benzene rings is 1. The van der Waals surface area contributed by atoms with E-state index in [1.807, 2.05) is 29.1 Å². The minimum atomic E-state index is -1.25. The highest BCUT2D eigenvalue weighted by molar-refractivity contribution is 8.13. The van der Waals surface area contributed by atoms with E-state index >= 15 is 0 Å². The third-order valence-electron chi connectivity index (χ3n) is 11.2. The molecular weight excluding hydrogens is 551 g/mol. The fourth-order valence-corrected chi connectivity index (χ4v) is 10.1. The summed E-state index contributed by atoms with van der Waals surface area (Å²) in [5.41, 5.74) is 3.57. The highest BCUT2D eigenvalue weighted by Crippen LogP contribution is 2.68. The molecule has 3 fully saturated rings. The van der Waals surface area contributed by atoms with Gasteiger partial charge in [-0.3, -0.25) is 4.79 Å². The van der Waals surface area contributed by atoms with Crippen molar-refractivity contribution in [3.8, 4) is 11.6 Å². The molecule has 3 saturated carbocycles. The lowest BCUT2D eigenvalue weighted by Crippen LogP contribution is -2.63. The molecule has 0 spiro atoms. The number of aliphatic hydroxyl groups excluding tert-OH is 1. The number of thioether (sulfide) groups is 1. The maximum absolute atomic E-state index is 13.7. The number of aromatic nitrogens is 2. The molecule has 42 heavy (non-hydrogen) atoms. The predicted molar refractivity (Wildman–Crippen MR) is 162 cm³/mol. The Hall–Kier alpha value is -3.10. The summed E-state index contributed by atoms with van der Waals surface area (Å²) in [6.07, 6.45) is 11.4. The first-order valence-corrected chi connectivity index (χ1v) is 15.9. The van der Waals surface area contributed by atoms with E-state index in [4.69, 9.17) is 14.3 Å². The normalized spacial score (nSPS) is 34.9. The van der Waals surface area contributed by atoms with Crippen LogP contribution in [0.4, 0.5) is 4.39 Å². The van der Waals surface area contributed by atoms with Crippen molar-refractivity contribution in [3.63, 3.8) is 0 Å². The largest absolute Gasteiger partial charge is 0.449 e. The Bertz CT molecular complexity index is 1560. The van der Waals surface area contributed by atoms with Crippen molar-refractivity contribution in [3.05, 3.63) is 77.8 Å². The number of rotatable bonds is 6.